The van der Waals surface area contributed by atoms with Crippen molar-refractivity contribution < 1.29 is 24.4 Å². The second kappa shape index (κ2) is 6.65. The summed E-state index contributed by atoms with van der Waals surface area (Å²) < 4.78 is 19.5. The molecule has 5 nitrogen and oxygen atoms in total. The molecule has 4 fully saturated rings. The van der Waals surface area contributed by atoms with Gasteiger partial charge >= 0.3 is 0 Å². The van der Waals surface area contributed by atoms with Crippen molar-refractivity contribution in [3.8, 4) is 0 Å². The molecule has 2 aliphatic heterocycles. The molecule has 0 bridgehead atoms. The van der Waals surface area contributed by atoms with Gasteiger partial charge in [-0.25, -0.2) is 0 Å². The molecule has 4 rings (SSSR count). The van der Waals surface area contributed by atoms with Crippen molar-refractivity contribution in [3.63, 3.8) is 0 Å². The van der Waals surface area contributed by atoms with E-state index in [9.17, 15) is 10.2 Å². The quantitative estimate of drug-likeness (QED) is 0.762. The third-order valence-electron chi connectivity index (χ3n) is 9.24. The van der Waals surface area contributed by atoms with Crippen LogP contribution in [0.2, 0.25) is 0 Å². The first-order valence-corrected chi connectivity index (χ1v) is 11.3. The van der Waals surface area contributed by atoms with Crippen molar-refractivity contribution >= 4 is 0 Å². The van der Waals surface area contributed by atoms with Crippen LogP contribution >= 0.6 is 0 Å². The summed E-state index contributed by atoms with van der Waals surface area (Å²) in [6, 6.07) is 0. The maximum Gasteiger partial charge on any atom is 0.163 e. The molecule has 7 atom stereocenters. The van der Waals surface area contributed by atoms with E-state index in [1.54, 1.807) is 0 Å². The fourth-order valence-electron chi connectivity index (χ4n) is 7.57. The molecule has 0 amide bonds. The minimum Gasteiger partial charge on any atom is -0.396 e. The maximum atomic E-state index is 10.1. The monoisotopic (exact) mass is 396 g/mol. The Morgan fingerprint density at radius 1 is 0.964 bits per heavy atom. The first-order chi connectivity index (χ1) is 13.1. The smallest absolute Gasteiger partial charge is 0.163 e. The topological polar surface area (TPSA) is 68.2 Å². The van der Waals surface area contributed by atoms with E-state index in [1.807, 2.05) is 13.8 Å². The van der Waals surface area contributed by atoms with Gasteiger partial charge in [0.05, 0.1) is 30.5 Å². The second-order valence-corrected chi connectivity index (χ2v) is 11.1. The van der Waals surface area contributed by atoms with Gasteiger partial charge in [-0.1, -0.05) is 20.8 Å². The van der Waals surface area contributed by atoms with Gasteiger partial charge in [0.15, 0.2) is 5.79 Å². The minimum absolute atomic E-state index is 0.0108. The van der Waals surface area contributed by atoms with E-state index in [1.165, 1.54) is 6.42 Å². The van der Waals surface area contributed by atoms with Crippen LogP contribution < -0.4 is 0 Å². The van der Waals surface area contributed by atoms with Gasteiger partial charge in [0, 0.05) is 23.9 Å². The van der Waals surface area contributed by atoms with Crippen LogP contribution in [0.15, 0.2) is 0 Å². The highest BCUT2D eigenvalue weighted by atomic mass is 16.7. The van der Waals surface area contributed by atoms with E-state index in [4.69, 9.17) is 14.2 Å². The number of aliphatic hydroxyl groups is 2. The molecule has 28 heavy (non-hydrogen) atoms. The van der Waals surface area contributed by atoms with Crippen LogP contribution in [-0.4, -0.2) is 53.1 Å². The van der Waals surface area contributed by atoms with Crippen LogP contribution in [0.5, 0.6) is 0 Å². The zero-order valence-corrected chi connectivity index (χ0v) is 18.4. The molecule has 0 radical (unpaired) electrons. The molecular formula is C23H40O5. The summed E-state index contributed by atoms with van der Waals surface area (Å²) >= 11 is 0. The Labute approximate surface area is 170 Å². The van der Waals surface area contributed by atoms with Gasteiger partial charge in [0.1, 0.15) is 0 Å². The minimum atomic E-state index is -0.590. The highest BCUT2D eigenvalue weighted by Crippen LogP contribution is 2.69. The third kappa shape index (κ3) is 2.76. The van der Waals surface area contributed by atoms with Gasteiger partial charge in [-0.3, -0.25) is 0 Å². The lowest BCUT2D eigenvalue weighted by atomic mass is 9.43. The molecule has 2 aliphatic carbocycles. The van der Waals surface area contributed by atoms with Crippen LogP contribution in [0.25, 0.3) is 0 Å². The van der Waals surface area contributed by atoms with Gasteiger partial charge in [0.25, 0.3) is 0 Å². The SMILES string of the molecule is C[C@H]1CC[C@@H]2[C@]3(C)COC(C)(C)O[C@H]3CC[C@]2(C)[C@@]12CC[C@](CO)(CCO)O2. The molecular weight excluding hydrogens is 356 g/mol. The molecule has 0 aromatic rings. The summed E-state index contributed by atoms with van der Waals surface area (Å²) in [5, 5.41) is 19.7. The van der Waals surface area contributed by atoms with Crippen LogP contribution in [0.3, 0.4) is 0 Å². The Balaban J connectivity index is 1.70. The van der Waals surface area contributed by atoms with Crippen molar-refractivity contribution in [3.05, 3.63) is 0 Å². The number of hydrogen-bond donors (Lipinski definition) is 2. The molecule has 0 aromatic carbocycles. The number of rotatable bonds is 3. The van der Waals surface area contributed by atoms with Crippen molar-refractivity contribution in [2.75, 3.05) is 19.8 Å². The van der Waals surface area contributed by atoms with Crippen LogP contribution in [0.1, 0.15) is 79.6 Å². The Morgan fingerprint density at radius 3 is 2.39 bits per heavy atom. The molecule has 0 unspecified atom stereocenters. The highest BCUT2D eigenvalue weighted by molar-refractivity contribution is 5.18. The molecule has 5 heteroatoms. The summed E-state index contributed by atoms with van der Waals surface area (Å²) in [6.45, 7) is 12.0. The lowest BCUT2D eigenvalue weighted by Gasteiger charge is -2.67. The van der Waals surface area contributed by atoms with E-state index in [-0.39, 0.29) is 35.7 Å². The average molecular weight is 397 g/mol. The summed E-state index contributed by atoms with van der Waals surface area (Å²) in [5.41, 5.74) is -0.820. The zero-order chi connectivity index (χ0) is 20.4. The predicted molar refractivity (Wildman–Crippen MR) is 107 cm³/mol. The van der Waals surface area contributed by atoms with Crippen LogP contribution in [0, 0.1) is 22.7 Å². The third-order valence-corrected chi connectivity index (χ3v) is 9.24. The lowest BCUT2D eigenvalue weighted by molar-refractivity contribution is -0.359. The van der Waals surface area contributed by atoms with E-state index in [0.717, 1.165) is 38.7 Å². The van der Waals surface area contributed by atoms with Crippen molar-refractivity contribution in [1.82, 2.24) is 0 Å². The Morgan fingerprint density at radius 2 is 1.71 bits per heavy atom. The standard InChI is InChI=1S/C23H40O5/c1-16-6-7-17-20(4)15-26-19(2,3)27-18(20)8-9-21(17,5)23(16)11-10-22(14-25,28-23)12-13-24/h16-18,24-25H,6-15H2,1-5H3/t16-,17+,18-,20-,21-,22+,23+/m0/s1. The molecule has 162 valence electrons. The fraction of sp³-hybridized carbons (Fsp3) is 1.00. The lowest BCUT2D eigenvalue weighted by Crippen LogP contribution is -2.69. The number of fused-ring (bicyclic) bond motifs is 4. The molecule has 2 saturated carbocycles. The van der Waals surface area contributed by atoms with Crippen molar-refractivity contribution in [1.29, 1.82) is 0 Å². The second-order valence-electron chi connectivity index (χ2n) is 11.1. The number of aliphatic hydroxyl groups excluding tert-OH is 2. The van der Waals surface area contributed by atoms with E-state index in [2.05, 4.69) is 20.8 Å². The molecule has 0 aromatic heterocycles. The van der Waals surface area contributed by atoms with E-state index >= 15 is 0 Å². The van der Waals surface area contributed by atoms with Gasteiger partial charge in [-0.15, -0.1) is 0 Å². The van der Waals surface area contributed by atoms with Crippen LogP contribution in [0.4, 0.5) is 0 Å². The zero-order valence-electron chi connectivity index (χ0n) is 18.4. The number of ether oxygens (including phenoxy) is 3. The van der Waals surface area contributed by atoms with Crippen LogP contribution in [-0.2, 0) is 14.2 Å². The Hall–Kier alpha value is -0.200. The number of hydrogen-bond acceptors (Lipinski definition) is 5. The molecule has 2 heterocycles. The Kier molecular flexibility index (Phi) is 5.00. The van der Waals surface area contributed by atoms with Crippen molar-refractivity contribution in [2.24, 2.45) is 22.7 Å². The van der Waals surface area contributed by atoms with Crippen molar-refractivity contribution in [2.45, 2.75) is 103 Å². The molecule has 2 saturated heterocycles. The van der Waals surface area contributed by atoms with Gasteiger partial charge in [-0.05, 0) is 64.2 Å². The largest absolute Gasteiger partial charge is 0.396 e. The average Bonchev–Trinajstić information content (AvgIpc) is 3.03. The molecule has 1 spiro atoms. The first kappa shape index (κ1) is 21.0. The normalized spacial score (nSPS) is 53.0. The highest BCUT2D eigenvalue weighted by Gasteiger charge is 2.70. The first-order valence-electron chi connectivity index (χ1n) is 11.3. The molecule has 4 aliphatic rings. The van der Waals surface area contributed by atoms with Gasteiger partial charge < -0.3 is 24.4 Å². The maximum absolute atomic E-state index is 10.1. The van der Waals surface area contributed by atoms with E-state index < -0.39 is 11.4 Å². The predicted octanol–water partition coefficient (Wildman–Crippen LogP) is 3.65. The van der Waals surface area contributed by atoms with E-state index in [0.29, 0.717) is 18.3 Å². The van der Waals surface area contributed by atoms with Gasteiger partial charge in [-0.2, -0.15) is 0 Å². The Bertz CT molecular complexity index is 608. The fourth-order valence-corrected chi connectivity index (χ4v) is 7.57. The summed E-state index contributed by atoms with van der Waals surface area (Å²) in [7, 11) is 0. The van der Waals surface area contributed by atoms with Gasteiger partial charge in [0.2, 0.25) is 0 Å². The summed E-state index contributed by atoms with van der Waals surface area (Å²) in [4.78, 5) is 0. The summed E-state index contributed by atoms with van der Waals surface area (Å²) in [5.74, 6) is 0.409. The summed E-state index contributed by atoms with van der Waals surface area (Å²) in [6.07, 6.45) is 6.95. The molecule has 2 N–H and O–H groups in total.